The molecule has 0 saturated carbocycles. The quantitative estimate of drug-likeness (QED) is 0.455. The fourth-order valence-corrected chi connectivity index (χ4v) is 3.10. The highest BCUT2D eigenvalue weighted by molar-refractivity contribution is 5.74. The minimum atomic E-state index is 0.987. The van der Waals surface area contributed by atoms with Crippen molar-refractivity contribution in [2.24, 2.45) is 0 Å². The molecule has 102 valence electrons. The standard InChI is InChI=1S/C20H18N/c1-14-3-6-16(7-4-14)17-8-9-18-13-21-12-15(2)5-10-20(21)19(18)11-17/h3-12H,13H2,1-2H3/q+1. The van der Waals surface area contributed by atoms with Crippen molar-refractivity contribution in [3.8, 4) is 22.4 Å². The Morgan fingerprint density at radius 1 is 0.762 bits per heavy atom. The maximum atomic E-state index is 2.35. The lowest BCUT2D eigenvalue weighted by Gasteiger charge is -2.04. The van der Waals surface area contributed by atoms with Crippen LogP contribution >= 0.6 is 0 Å². The number of benzene rings is 2. The number of pyridine rings is 1. The molecule has 2 heterocycles. The van der Waals surface area contributed by atoms with Gasteiger partial charge in [0.25, 0.3) is 0 Å². The summed E-state index contributed by atoms with van der Waals surface area (Å²) in [7, 11) is 0. The van der Waals surface area contributed by atoms with Crippen LogP contribution in [-0.4, -0.2) is 0 Å². The highest BCUT2D eigenvalue weighted by atomic mass is 15.0. The molecule has 0 amide bonds. The fraction of sp³-hybridized carbons (Fsp3) is 0.150. The van der Waals surface area contributed by atoms with Crippen molar-refractivity contribution in [3.63, 3.8) is 0 Å². The summed E-state index contributed by atoms with van der Waals surface area (Å²) in [6.07, 6.45) is 2.24. The minimum Gasteiger partial charge on any atom is -0.194 e. The number of nitrogens with zero attached hydrogens (tertiary/aromatic N) is 1. The zero-order valence-corrected chi connectivity index (χ0v) is 12.4. The van der Waals surface area contributed by atoms with Gasteiger partial charge in [-0.25, -0.2) is 0 Å². The molecule has 1 aliphatic rings. The molecule has 0 unspecified atom stereocenters. The maximum Gasteiger partial charge on any atom is 0.213 e. The predicted octanol–water partition coefficient (Wildman–Crippen LogP) is 4.29. The van der Waals surface area contributed by atoms with E-state index in [2.05, 4.69) is 79.2 Å². The molecule has 4 rings (SSSR count). The normalized spacial score (nSPS) is 12.1. The number of rotatable bonds is 1. The van der Waals surface area contributed by atoms with Gasteiger partial charge in [0, 0.05) is 17.2 Å². The average Bonchev–Trinajstić information content (AvgIpc) is 2.84. The van der Waals surface area contributed by atoms with Gasteiger partial charge in [-0.3, -0.25) is 0 Å². The van der Waals surface area contributed by atoms with Gasteiger partial charge in [0.2, 0.25) is 5.69 Å². The topological polar surface area (TPSA) is 3.88 Å². The maximum absolute atomic E-state index is 2.35. The summed E-state index contributed by atoms with van der Waals surface area (Å²) in [6.45, 7) is 5.26. The molecule has 3 aromatic rings. The van der Waals surface area contributed by atoms with Gasteiger partial charge in [0.05, 0.1) is 5.56 Å². The van der Waals surface area contributed by atoms with Gasteiger partial charge in [-0.15, -0.1) is 0 Å². The van der Waals surface area contributed by atoms with Crippen molar-refractivity contribution in [3.05, 3.63) is 77.5 Å². The van der Waals surface area contributed by atoms with E-state index in [1.807, 2.05) is 0 Å². The van der Waals surface area contributed by atoms with E-state index in [1.54, 1.807) is 0 Å². The van der Waals surface area contributed by atoms with Crippen LogP contribution in [-0.2, 0) is 6.54 Å². The third kappa shape index (κ3) is 2.06. The molecule has 0 fully saturated rings. The molecular formula is C20H18N+. The van der Waals surface area contributed by atoms with E-state index in [-0.39, 0.29) is 0 Å². The summed E-state index contributed by atoms with van der Waals surface area (Å²) < 4.78 is 2.35. The average molecular weight is 272 g/mol. The number of aryl methyl sites for hydroxylation is 2. The highest BCUT2D eigenvalue weighted by Crippen LogP contribution is 2.31. The zero-order valence-electron chi connectivity index (χ0n) is 12.4. The zero-order chi connectivity index (χ0) is 14.4. The Balaban J connectivity index is 1.84. The first-order chi connectivity index (χ1) is 10.2. The molecule has 1 aromatic heterocycles. The summed E-state index contributed by atoms with van der Waals surface area (Å²) in [5.74, 6) is 0. The Hall–Kier alpha value is -2.41. The van der Waals surface area contributed by atoms with Crippen LogP contribution in [0.3, 0.4) is 0 Å². The highest BCUT2D eigenvalue weighted by Gasteiger charge is 2.25. The van der Waals surface area contributed by atoms with Crippen molar-refractivity contribution in [2.45, 2.75) is 20.4 Å². The first-order valence-corrected chi connectivity index (χ1v) is 7.41. The van der Waals surface area contributed by atoms with Gasteiger partial charge < -0.3 is 0 Å². The Labute approximate surface area is 125 Å². The van der Waals surface area contributed by atoms with Gasteiger partial charge in [-0.2, -0.15) is 4.57 Å². The molecule has 0 N–H and O–H groups in total. The van der Waals surface area contributed by atoms with Crippen molar-refractivity contribution >= 4 is 0 Å². The first-order valence-electron chi connectivity index (χ1n) is 7.41. The van der Waals surface area contributed by atoms with E-state index >= 15 is 0 Å². The first kappa shape index (κ1) is 12.3. The van der Waals surface area contributed by atoms with Crippen LogP contribution < -0.4 is 4.57 Å². The minimum absolute atomic E-state index is 0.987. The van der Waals surface area contributed by atoms with Crippen molar-refractivity contribution in [1.82, 2.24) is 0 Å². The second-order valence-electron chi connectivity index (χ2n) is 5.96. The number of fused-ring (bicyclic) bond motifs is 3. The lowest BCUT2D eigenvalue weighted by atomic mass is 9.98. The molecule has 0 saturated heterocycles. The van der Waals surface area contributed by atoms with Gasteiger partial charge in [0.1, 0.15) is 0 Å². The summed E-state index contributed by atoms with van der Waals surface area (Å²) >= 11 is 0. The number of hydrogen-bond donors (Lipinski definition) is 0. The summed E-state index contributed by atoms with van der Waals surface area (Å²) in [5, 5.41) is 0. The van der Waals surface area contributed by atoms with Crippen LogP contribution in [0.5, 0.6) is 0 Å². The molecule has 0 atom stereocenters. The van der Waals surface area contributed by atoms with E-state index in [0.717, 1.165) is 6.54 Å². The smallest absolute Gasteiger partial charge is 0.194 e. The van der Waals surface area contributed by atoms with Crippen molar-refractivity contribution in [1.29, 1.82) is 0 Å². The van der Waals surface area contributed by atoms with E-state index in [4.69, 9.17) is 0 Å². The Kier molecular flexibility index (Phi) is 2.68. The summed E-state index contributed by atoms with van der Waals surface area (Å²) in [5.41, 5.74) is 9.30. The van der Waals surface area contributed by atoms with Gasteiger partial charge >= 0.3 is 0 Å². The van der Waals surface area contributed by atoms with Crippen LogP contribution in [0.1, 0.15) is 16.7 Å². The lowest BCUT2D eigenvalue weighted by molar-refractivity contribution is -0.672. The number of aromatic nitrogens is 1. The Morgan fingerprint density at radius 2 is 1.48 bits per heavy atom. The van der Waals surface area contributed by atoms with E-state index in [9.17, 15) is 0 Å². The lowest BCUT2D eigenvalue weighted by Crippen LogP contribution is -2.32. The molecule has 21 heavy (non-hydrogen) atoms. The van der Waals surface area contributed by atoms with Crippen LogP contribution in [0.2, 0.25) is 0 Å². The van der Waals surface area contributed by atoms with Crippen molar-refractivity contribution < 1.29 is 4.57 Å². The molecule has 0 spiro atoms. The second-order valence-corrected chi connectivity index (χ2v) is 5.96. The molecule has 1 heteroatoms. The van der Waals surface area contributed by atoms with E-state index in [1.165, 1.54) is 39.1 Å². The van der Waals surface area contributed by atoms with Gasteiger partial charge in [-0.05, 0) is 37.1 Å². The molecule has 0 radical (unpaired) electrons. The van der Waals surface area contributed by atoms with E-state index < -0.39 is 0 Å². The van der Waals surface area contributed by atoms with Gasteiger partial charge in [-0.1, -0.05) is 42.0 Å². The largest absolute Gasteiger partial charge is 0.213 e. The summed E-state index contributed by atoms with van der Waals surface area (Å²) in [6, 6.07) is 20.0. The predicted molar refractivity (Wildman–Crippen MR) is 86.1 cm³/mol. The van der Waals surface area contributed by atoms with Crippen molar-refractivity contribution in [2.75, 3.05) is 0 Å². The van der Waals surface area contributed by atoms with Gasteiger partial charge in [0.15, 0.2) is 12.7 Å². The summed E-state index contributed by atoms with van der Waals surface area (Å²) in [4.78, 5) is 0. The third-order valence-corrected chi connectivity index (χ3v) is 4.28. The van der Waals surface area contributed by atoms with Crippen LogP contribution in [0.4, 0.5) is 0 Å². The second kappa shape index (κ2) is 4.56. The molecular weight excluding hydrogens is 254 g/mol. The molecule has 1 nitrogen and oxygen atoms in total. The van der Waals surface area contributed by atoms with Crippen LogP contribution in [0.15, 0.2) is 60.8 Å². The SMILES string of the molecule is Cc1ccc(-c2ccc3c(c2)-c2ccc(C)c[n+]2C3)cc1. The third-order valence-electron chi connectivity index (χ3n) is 4.28. The molecule has 0 bridgehead atoms. The Morgan fingerprint density at radius 3 is 2.29 bits per heavy atom. The fourth-order valence-electron chi connectivity index (χ4n) is 3.10. The molecule has 1 aliphatic heterocycles. The molecule has 2 aromatic carbocycles. The van der Waals surface area contributed by atoms with E-state index in [0.29, 0.717) is 0 Å². The molecule has 0 aliphatic carbocycles. The Bertz CT molecular complexity index is 829. The van der Waals surface area contributed by atoms with Crippen LogP contribution in [0, 0.1) is 13.8 Å². The number of hydrogen-bond acceptors (Lipinski definition) is 0. The van der Waals surface area contributed by atoms with Crippen LogP contribution in [0.25, 0.3) is 22.4 Å². The monoisotopic (exact) mass is 272 g/mol.